The third kappa shape index (κ3) is 10.1. The fourth-order valence-electron chi connectivity index (χ4n) is 2.64. The van der Waals surface area contributed by atoms with E-state index in [1.54, 1.807) is 18.7 Å². The van der Waals surface area contributed by atoms with Crippen LogP contribution in [0.3, 0.4) is 0 Å². The van der Waals surface area contributed by atoms with E-state index in [-0.39, 0.29) is 0 Å². The molecule has 0 atom stereocenters. The molecule has 2 heterocycles. The number of ether oxygens (including phenoxy) is 1. The molecule has 0 aromatic carbocycles. The third-order valence-electron chi connectivity index (χ3n) is 4.45. The minimum Gasteiger partial charge on any atom is -0.491 e. The molecular weight excluding hydrogens is 392 g/mol. The fourth-order valence-corrected chi connectivity index (χ4v) is 2.64. The molecule has 2 aromatic heterocycles. The van der Waals surface area contributed by atoms with Crippen molar-refractivity contribution in [2.75, 3.05) is 38.6 Å². The summed E-state index contributed by atoms with van der Waals surface area (Å²) < 4.78 is 11.1. The minimum atomic E-state index is 0.379. The summed E-state index contributed by atoms with van der Waals surface area (Å²) in [6, 6.07) is 7.51. The van der Waals surface area contributed by atoms with Gasteiger partial charge in [-0.3, -0.25) is 0 Å². The first-order chi connectivity index (χ1) is 15.1. The number of guanidine groups is 1. The number of unbranched alkanes of at least 4 members (excludes halogenated alkanes) is 1. The predicted octanol–water partition coefficient (Wildman–Crippen LogP) is 3.95. The largest absolute Gasteiger partial charge is 0.491 e. The van der Waals surface area contributed by atoms with Gasteiger partial charge in [0.25, 0.3) is 0 Å². The maximum absolute atomic E-state index is 5.77. The zero-order chi connectivity index (χ0) is 22.3. The van der Waals surface area contributed by atoms with Crippen molar-refractivity contribution in [3.63, 3.8) is 0 Å². The molecule has 0 aliphatic carbocycles. The first kappa shape index (κ1) is 24.3. The van der Waals surface area contributed by atoms with Crippen LogP contribution in [0, 0.1) is 0 Å². The van der Waals surface area contributed by atoms with E-state index >= 15 is 0 Å². The summed E-state index contributed by atoms with van der Waals surface area (Å²) in [6.45, 7) is 11.7. The van der Waals surface area contributed by atoms with Crippen molar-refractivity contribution >= 4 is 18.5 Å². The molecule has 0 aliphatic rings. The fraction of sp³-hybridized carbons (Fsp3) is 0.435. The van der Waals surface area contributed by atoms with Crippen LogP contribution >= 0.6 is 0 Å². The van der Waals surface area contributed by atoms with Crippen LogP contribution in [-0.4, -0.2) is 55.8 Å². The highest BCUT2D eigenvalue weighted by Gasteiger charge is 2.02. The van der Waals surface area contributed by atoms with E-state index in [4.69, 9.17) is 9.15 Å². The molecule has 2 rings (SSSR count). The number of hydrogen-bond donors (Lipinski definition) is 2. The Hall–Kier alpha value is -2.97. The molecule has 8 nitrogen and oxygen atoms in total. The number of nitrogens with one attached hydrogen (secondary N) is 2. The van der Waals surface area contributed by atoms with Gasteiger partial charge in [0.15, 0.2) is 0 Å². The summed E-state index contributed by atoms with van der Waals surface area (Å²) in [7, 11) is 2.11. The molecule has 0 saturated carbocycles. The molecule has 0 saturated heterocycles. The molecule has 0 unspecified atom stereocenters. The lowest BCUT2D eigenvalue weighted by Gasteiger charge is -2.16. The molecule has 8 heteroatoms. The molecule has 0 spiro atoms. The van der Waals surface area contributed by atoms with Crippen LogP contribution in [-0.2, 0) is 6.54 Å². The van der Waals surface area contributed by atoms with Crippen molar-refractivity contribution in [2.45, 2.75) is 33.2 Å². The van der Waals surface area contributed by atoms with Crippen molar-refractivity contribution in [1.29, 1.82) is 0 Å². The standard InChI is InChI=1S/C23H34N6O2/c1-5-6-11-29(4)12-14-31-21-9-10-22(26-18-21)28-23(24-3)27-16-19(2)15-25-17-20-8-7-13-30-20/h7-10,13,16,18,25H,3,5-6,11-12,14-15,17H2,1-2,4H3,(H,26,27,28)/b19-16-. The van der Waals surface area contributed by atoms with Crippen molar-refractivity contribution in [3.8, 4) is 5.75 Å². The van der Waals surface area contributed by atoms with Gasteiger partial charge in [0.2, 0.25) is 5.96 Å². The minimum absolute atomic E-state index is 0.379. The lowest BCUT2D eigenvalue weighted by molar-refractivity contribution is 0.235. The number of furan rings is 1. The zero-order valence-electron chi connectivity index (χ0n) is 18.8. The van der Waals surface area contributed by atoms with Crippen LogP contribution in [0.2, 0.25) is 0 Å². The van der Waals surface area contributed by atoms with Crippen LogP contribution in [0.1, 0.15) is 32.4 Å². The predicted molar refractivity (Wildman–Crippen MR) is 127 cm³/mol. The van der Waals surface area contributed by atoms with E-state index in [9.17, 15) is 0 Å². The Morgan fingerprint density at radius 3 is 2.87 bits per heavy atom. The number of rotatable bonds is 13. The lowest BCUT2D eigenvalue weighted by Crippen LogP contribution is -2.25. The van der Waals surface area contributed by atoms with Crippen LogP contribution in [0.4, 0.5) is 5.82 Å². The summed E-state index contributed by atoms with van der Waals surface area (Å²) in [5.74, 6) is 2.64. The number of likely N-dealkylation sites (N-methyl/N-ethyl adjacent to an activating group) is 1. The average molecular weight is 427 g/mol. The Labute approximate surface area is 185 Å². The van der Waals surface area contributed by atoms with Gasteiger partial charge in [-0.05, 0) is 63.5 Å². The van der Waals surface area contributed by atoms with Gasteiger partial charge >= 0.3 is 0 Å². The SMILES string of the molecule is C=N/C(=N\C=C(\C)CNCc1ccco1)Nc1ccc(OCCN(C)CCCC)cn1. The highest BCUT2D eigenvalue weighted by atomic mass is 16.5. The second kappa shape index (κ2) is 14.1. The van der Waals surface area contributed by atoms with Gasteiger partial charge in [-0.25, -0.2) is 15.0 Å². The Morgan fingerprint density at radius 1 is 1.32 bits per heavy atom. The van der Waals surface area contributed by atoms with Crippen LogP contribution in [0.25, 0.3) is 0 Å². The molecule has 0 bridgehead atoms. The maximum atomic E-state index is 5.77. The third-order valence-corrected chi connectivity index (χ3v) is 4.45. The van der Waals surface area contributed by atoms with Gasteiger partial charge in [0.05, 0.1) is 19.0 Å². The normalized spacial score (nSPS) is 12.3. The van der Waals surface area contributed by atoms with Gasteiger partial charge in [0, 0.05) is 19.3 Å². The molecular formula is C23H34N6O2. The van der Waals surface area contributed by atoms with Gasteiger partial charge in [0.1, 0.15) is 23.9 Å². The number of nitrogens with zero attached hydrogens (tertiary/aromatic N) is 4. The number of hydrogen-bond acceptors (Lipinski definition) is 6. The molecule has 0 fully saturated rings. The Bertz CT molecular complexity index is 815. The Balaban J connectivity index is 1.76. The van der Waals surface area contributed by atoms with Gasteiger partial charge in [-0.2, -0.15) is 0 Å². The lowest BCUT2D eigenvalue weighted by atomic mass is 10.3. The quantitative estimate of drug-likeness (QED) is 0.373. The molecule has 0 radical (unpaired) electrons. The maximum Gasteiger partial charge on any atom is 0.227 e. The number of anilines is 1. The second-order valence-corrected chi connectivity index (χ2v) is 7.28. The van der Waals surface area contributed by atoms with Crippen LogP contribution < -0.4 is 15.4 Å². The first-order valence-electron chi connectivity index (χ1n) is 10.6. The summed E-state index contributed by atoms with van der Waals surface area (Å²) in [5.41, 5.74) is 1.05. The summed E-state index contributed by atoms with van der Waals surface area (Å²) in [6.07, 6.45) is 7.51. The molecule has 0 aliphatic heterocycles. The molecule has 31 heavy (non-hydrogen) atoms. The zero-order valence-corrected chi connectivity index (χ0v) is 18.8. The van der Waals surface area contributed by atoms with Crippen molar-refractivity contribution in [3.05, 3.63) is 54.3 Å². The van der Waals surface area contributed by atoms with Gasteiger partial charge < -0.3 is 24.7 Å². The van der Waals surface area contributed by atoms with Gasteiger partial charge in [-0.1, -0.05) is 13.3 Å². The van der Waals surface area contributed by atoms with Crippen molar-refractivity contribution < 1.29 is 9.15 Å². The summed E-state index contributed by atoms with van der Waals surface area (Å²) >= 11 is 0. The molecule has 168 valence electrons. The summed E-state index contributed by atoms with van der Waals surface area (Å²) in [4.78, 5) is 14.9. The number of aliphatic imine (C=N–C) groups is 2. The van der Waals surface area contributed by atoms with E-state index in [2.05, 4.69) is 51.2 Å². The Morgan fingerprint density at radius 2 is 2.19 bits per heavy atom. The topological polar surface area (TPSA) is 87.3 Å². The van der Waals surface area contributed by atoms with E-state index < -0.39 is 0 Å². The van der Waals surface area contributed by atoms with Crippen molar-refractivity contribution in [2.24, 2.45) is 9.98 Å². The van der Waals surface area contributed by atoms with Crippen LogP contribution in [0.15, 0.2) is 62.9 Å². The smallest absolute Gasteiger partial charge is 0.227 e. The van der Waals surface area contributed by atoms with Crippen molar-refractivity contribution in [1.82, 2.24) is 15.2 Å². The Kier molecular flexibility index (Phi) is 11.1. The monoisotopic (exact) mass is 426 g/mol. The van der Waals surface area contributed by atoms with Crippen LogP contribution in [0.5, 0.6) is 5.75 Å². The molecule has 0 amide bonds. The van der Waals surface area contributed by atoms with E-state index in [0.717, 1.165) is 30.2 Å². The number of aromatic nitrogens is 1. The second-order valence-electron chi connectivity index (χ2n) is 7.28. The summed E-state index contributed by atoms with van der Waals surface area (Å²) in [5, 5.41) is 6.34. The highest BCUT2D eigenvalue weighted by Crippen LogP contribution is 2.12. The van der Waals surface area contributed by atoms with E-state index in [1.807, 2.05) is 31.2 Å². The molecule has 2 N–H and O–H groups in total. The van der Waals surface area contributed by atoms with Gasteiger partial charge in [-0.15, -0.1) is 0 Å². The average Bonchev–Trinajstić information content (AvgIpc) is 3.29. The molecule has 2 aromatic rings. The number of pyridine rings is 1. The van der Waals surface area contributed by atoms with E-state index in [0.29, 0.717) is 31.5 Å². The highest BCUT2D eigenvalue weighted by molar-refractivity contribution is 5.96. The van der Waals surface area contributed by atoms with E-state index in [1.165, 1.54) is 12.8 Å². The first-order valence-corrected chi connectivity index (χ1v) is 10.6.